The summed E-state index contributed by atoms with van der Waals surface area (Å²) in [6.45, 7) is 0. The molecule has 1 rings (SSSR count). The Labute approximate surface area is 109 Å². The van der Waals surface area contributed by atoms with E-state index in [-0.39, 0.29) is 16.1 Å². The summed E-state index contributed by atoms with van der Waals surface area (Å²) in [5, 5.41) is 10.8. The van der Waals surface area contributed by atoms with Gasteiger partial charge in [0.15, 0.2) is 5.96 Å². The van der Waals surface area contributed by atoms with Gasteiger partial charge in [-0.05, 0) is 15.9 Å². The molecule has 0 aliphatic carbocycles. The van der Waals surface area contributed by atoms with Crippen LogP contribution >= 0.6 is 15.9 Å². The van der Waals surface area contributed by atoms with Gasteiger partial charge < -0.3 is 17.2 Å². The average molecular weight is 319 g/mol. The molecule has 0 amide bonds. The average Bonchev–Trinajstić information content (AvgIpc) is 2.21. The maximum absolute atomic E-state index is 13.3. The predicted molar refractivity (Wildman–Crippen MR) is 67.8 cm³/mol. The minimum atomic E-state index is -0.730. The smallest absolute Gasteiger partial charge is 0.296 e. The van der Waals surface area contributed by atoms with E-state index in [0.717, 1.165) is 12.1 Å². The number of aliphatic imine (C=N–C) groups is 2. The van der Waals surface area contributed by atoms with Crippen molar-refractivity contribution in [1.29, 1.82) is 0 Å². The maximum atomic E-state index is 13.3. The number of nitro benzene ring substituents is 1. The lowest BCUT2D eigenvalue weighted by atomic mass is 10.2. The number of benzene rings is 1. The topological polar surface area (TPSA) is 146 Å². The van der Waals surface area contributed by atoms with Crippen molar-refractivity contribution >= 4 is 39.2 Å². The highest BCUT2D eigenvalue weighted by molar-refractivity contribution is 9.10. The van der Waals surface area contributed by atoms with Gasteiger partial charge >= 0.3 is 0 Å². The van der Waals surface area contributed by atoms with Crippen molar-refractivity contribution in [2.75, 3.05) is 0 Å². The van der Waals surface area contributed by atoms with E-state index in [1.165, 1.54) is 0 Å². The first-order valence-electron chi connectivity index (χ1n) is 4.38. The summed E-state index contributed by atoms with van der Waals surface area (Å²) >= 11 is 2.83. The van der Waals surface area contributed by atoms with Crippen LogP contribution in [0.1, 0.15) is 0 Å². The van der Waals surface area contributed by atoms with Crippen molar-refractivity contribution in [2.24, 2.45) is 27.2 Å². The fourth-order valence-corrected chi connectivity index (χ4v) is 1.37. The van der Waals surface area contributed by atoms with E-state index in [4.69, 9.17) is 17.2 Å². The first-order valence-corrected chi connectivity index (χ1v) is 5.17. The molecule has 8 nitrogen and oxygen atoms in total. The Hall–Kier alpha value is -2.23. The van der Waals surface area contributed by atoms with Crippen LogP contribution < -0.4 is 17.2 Å². The van der Waals surface area contributed by atoms with Gasteiger partial charge in [0.2, 0.25) is 5.96 Å². The van der Waals surface area contributed by atoms with Crippen LogP contribution in [-0.2, 0) is 0 Å². The highest BCUT2D eigenvalue weighted by Gasteiger charge is 2.17. The highest BCUT2D eigenvalue weighted by atomic mass is 79.9. The molecule has 0 aliphatic rings. The van der Waals surface area contributed by atoms with Crippen LogP contribution in [0.25, 0.3) is 0 Å². The van der Waals surface area contributed by atoms with Crippen LogP contribution in [-0.4, -0.2) is 16.8 Å². The van der Waals surface area contributed by atoms with E-state index in [1.807, 2.05) is 0 Å². The lowest BCUT2D eigenvalue weighted by Gasteiger charge is -2.00. The van der Waals surface area contributed by atoms with E-state index in [1.54, 1.807) is 0 Å². The van der Waals surface area contributed by atoms with E-state index < -0.39 is 22.4 Å². The molecular formula is C8H8BrFN6O2. The van der Waals surface area contributed by atoms with E-state index in [9.17, 15) is 14.5 Å². The summed E-state index contributed by atoms with van der Waals surface area (Å²) in [5.74, 6) is -1.51. The monoisotopic (exact) mass is 318 g/mol. The largest absolute Gasteiger partial charge is 0.370 e. The van der Waals surface area contributed by atoms with Crippen molar-refractivity contribution < 1.29 is 9.31 Å². The van der Waals surface area contributed by atoms with E-state index in [0.29, 0.717) is 0 Å². The van der Waals surface area contributed by atoms with Gasteiger partial charge in [0.25, 0.3) is 5.69 Å². The van der Waals surface area contributed by atoms with Gasteiger partial charge in [-0.2, -0.15) is 4.99 Å². The third kappa shape index (κ3) is 3.38. The zero-order chi connectivity index (χ0) is 13.9. The van der Waals surface area contributed by atoms with Gasteiger partial charge in [0.05, 0.1) is 9.40 Å². The zero-order valence-corrected chi connectivity index (χ0v) is 10.4. The van der Waals surface area contributed by atoms with Gasteiger partial charge in [-0.3, -0.25) is 10.1 Å². The molecule has 0 fully saturated rings. The van der Waals surface area contributed by atoms with Crippen molar-refractivity contribution in [3.8, 4) is 0 Å². The quantitative estimate of drug-likeness (QED) is 0.318. The van der Waals surface area contributed by atoms with Crippen LogP contribution in [0.2, 0.25) is 0 Å². The molecule has 0 saturated carbocycles. The molecule has 6 N–H and O–H groups in total. The normalized spacial score (nSPS) is 11.1. The van der Waals surface area contributed by atoms with Gasteiger partial charge in [0.1, 0.15) is 11.5 Å². The highest BCUT2D eigenvalue weighted by Crippen LogP contribution is 2.32. The number of nitro groups is 1. The Kier molecular flexibility index (Phi) is 4.15. The van der Waals surface area contributed by atoms with Gasteiger partial charge in [-0.15, -0.1) is 0 Å². The number of nitrogens with two attached hydrogens (primary N) is 3. The Morgan fingerprint density at radius 1 is 1.39 bits per heavy atom. The summed E-state index contributed by atoms with van der Waals surface area (Å²) in [5.41, 5.74) is 14.7. The van der Waals surface area contributed by atoms with Crippen molar-refractivity contribution in [2.45, 2.75) is 0 Å². The molecule has 96 valence electrons. The molecule has 0 radical (unpaired) electrons. The molecule has 1 aromatic carbocycles. The first-order chi connectivity index (χ1) is 8.31. The lowest BCUT2D eigenvalue weighted by Crippen LogP contribution is -2.26. The summed E-state index contributed by atoms with van der Waals surface area (Å²) in [6.07, 6.45) is 0. The molecule has 0 spiro atoms. The fraction of sp³-hybridized carbons (Fsp3) is 0. The van der Waals surface area contributed by atoms with Crippen LogP contribution in [0, 0.1) is 15.9 Å². The Morgan fingerprint density at radius 2 is 2.00 bits per heavy atom. The fourth-order valence-electron chi connectivity index (χ4n) is 1.04. The molecule has 0 saturated heterocycles. The predicted octanol–water partition coefficient (Wildman–Crippen LogP) is 0.716. The summed E-state index contributed by atoms with van der Waals surface area (Å²) in [6, 6.07) is 1.81. The Morgan fingerprint density at radius 3 is 2.50 bits per heavy atom. The van der Waals surface area contributed by atoms with E-state index >= 15 is 0 Å². The Balaban J connectivity index is 3.36. The number of hydrogen-bond acceptors (Lipinski definition) is 3. The van der Waals surface area contributed by atoms with Gasteiger partial charge in [0, 0.05) is 12.1 Å². The number of hydrogen-bond donors (Lipinski definition) is 3. The SMILES string of the molecule is NC(N)=NC(N)=Nc1cc(F)c(Br)cc1[N+](=O)[O-]. The summed E-state index contributed by atoms with van der Waals surface area (Å²) < 4.78 is 13.2. The molecule has 0 bridgehead atoms. The van der Waals surface area contributed by atoms with Crippen molar-refractivity contribution in [3.63, 3.8) is 0 Å². The number of halogens is 2. The molecule has 0 atom stereocenters. The number of guanidine groups is 2. The third-order valence-electron chi connectivity index (χ3n) is 1.69. The van der Waals surface area contributed by atoms with Crippen LogP contribution in [0.15, 0.2) is 26.6 Å². The second-order valence-electron chi connectivity index (χ2n) is 3.02. The zero-order valence-electron chi connectivity index (χ0n) is 8.80. The molecule has 1 aromatic rings. The van der Waals surface area contributed by atoms with Crippen LogP contribution in [0.5, 0.6) is 0 Å². The second kappa shape index (κ2) is 5.40. The summed E-state index contributed by atoms with van der Waals surface area (Å²) in [7, 11) is 0. The Bertz CT molecular complexity index is 555. The summed E-state index contributed by atoms with van der Waals surface area (Å²) in [4.78, 5) is 17.0. The standard InChI is InChI=1S/C8H8BrFN6O2/c9-3-1-6(16(17)18)5(2-4(3)10)14-8(13)15-7(11)12/h1-2H,(H6,11,12,13,14,15). The minimum absolute atomic E-state index is 0.0615. The van der Waals surface area contributed by atoms with Gasteiger partial charge in [-0.1, -0.05) is 0 Å². The van der Waals surface area contributed by atoms with E-state index in [2.05, 4.69) is 25.9 Å². The molecule has 0 heterocycles. The third-order valence-corrected chi connectivity index (χ3v) is 2.30. The maximum Gasteiger partial charge on any atom is 0.296 e. The number of nitrogens with zero attached hydrogens (tertiary/aromatic N) is 3. The molecule has 0 aliphatic heterocycles. The molecule has 0 aromatic heterocycles. The lowest BCUT2D eigenvalue weighted by molar-refractivity contribution is -0.384. The van der Waals surface area contributed by atoms with Crippen LogP contribution in [0.4, 0.5) is 15.8 Å². The molecule has 18 heavy (non-hydrogen) atoms. The molecular weight excluding hydrogens is 311 g/mol. The first kappa shape index (κ1) is 13.8. The van der Waals surface area contributed by atoms with Crippen molar-refractivity contribution in [1.82, 2.24) is 0 Å². The van der Waals surface area contributed by atoms with Crippen molar-refractivity contribution in [3.05, 3.63) is 32.5 Å². The minimum Gasteiger partial charge on any atom is -0.370 e. The number of rotatable bonds is 2. The van der Waals surface area contributed by atoms with Gasteiger partial charge in [-0.25, -0.2) is 9.38 Å². The van der Waals surface area contributed by atoms with Crippen LogP contribution in [0.3, 0.4) is 0 Å². The second-order valence-corrected chi connectivity index (χ2v) is 3.87. The molecule has 10 heteroatoms. The molecule has 0 unspecified atom stereocenters.